The first kappa shape index (κ1) is 30.0. The summed E-state index contributed by atoms with van der Waals surface area (Å²) in [4.78, 5) is 12.4. The van der Waals surface area contributed by atoms with Crippen LogP contribution in [-0.4, -0.2) is 26.7 Å². The summed E-state index contributed by atoms with van der Waals surface area (Å²) in [6.07, 6.45) is -2.65. The summed E-state index contributed by atoms with van der Waals surface area (Å²) >= 11 is 0. The number of alkyl halides is 3. The van der Waals surface area contributed by atoms with E-state index < -0.39 is 47.1 Å². The van der Waals surface area contributed by atoms with E-state index in [0.29, 0.717) is 5.82 Å². The van der Waals surface area contributed by atoms with Gasteiger partial charge in [0.1, 0.15) is 24.3 Å². The predicted molar refractivity (Wildman–Crippen MR) is 161 cm³/mol. The van der Waals surface area contributed by atoms with E-state index >= 15 is 4.39 Å². The minimum atomic E-state index is -4.62. The Balaban J connectivity index is 1.36. The van der Waals surface area contributed by atoms with Crippen LogP contribution in [0.5, 0.6) is 5.75 Å². The first-order valence-electron chi connectivity index (χ1n) is 14.5. The molecule has 1 aliphatic carbocycles. The number of halogens is 4. The van der Waals surface area contributed by atoms with E-state index in [-0.39, 0.29) is 17.9 Å². The Hall–Kier alpha value is -5.05. The molecule has 45 heavy (non-hydrogen) atoms. The summed E-state index contributed by atoms with van der Waals surface area (Å²) in [7, 11) is 0. The molecule has 0 N–H and O–H groups in total. The maximum Gasteiger partial charge on any atom is 0.412 e. The number of hydrogen-bond acceptors (Lipinski definition) is 4. The summed E-state index contributed by atoms with van der Waals surface area (Å²) in [6, 6.07) is 33.7. The van der Waals surface area contributed by atoms with Crippen LogP contribution >= 0.6 is 0 Å². The predicted octanol–water partition coefficient (Wildman–Crippen LogP) is 8.02. The number of hydrogen-bond donors (Lipinski definition) is 0. The Morgan fingerprint density at radius 1 is 0.844 bits per heavy atom. The number of aromatic nitrogens is 3. The van der Waals surface area contributed by atoms with Gasteiger partial charge in [0.05, 0.1) is 0 Å². The number of allylic oxidation sites excluding steroid dienone is 2. The largest absolute Gasteiger partial charge is 0.483 e. The fourth-order valence-corrected chi connectivity index (χ4v) is 6.13. The van der Waals surface area contributed by atoms with Crippen molar-refractivity contribution in [3.63, 3.8) is 0 Å². The highest BCUT2D eigenvalue weighted by Gasteiger charge is 2.42. The molecule has 0 saturated heterocycles. The zero-order valence-corrected chi connectivity index (χ0v) is 24.3. The number of ether oxygens (including phenoxy) is 1. The highest BCUT2D eigenvalue weighted by Crippen LogP contribution is 2.43. The molecule has 6 rings (SSSR count). The Kier molecular flexibility index (Phi) is 8.10. The van der Waals surface area contributed by atoms with Gasteiger partial charge in [-0.1, -0.05) is 110 Å². The zero-order chi connectivity index (χ0) is 31.6. The number of carbonyl (C=O) groups excluding carboxylic acids is 1. The average molecular weight is 612 g/mol. The second-order valence-corrected chi connectivity index (χ2v) is 11.1. The molecule has 0 fully saturated rings. The van der Waals surface area contributed by atoms with Crippen molar-refractivity contribution in [3.8, 4) is 5.75 Å². The highest BCUT2D eigenvalue weighted by molar-refractivity contribution is 5.86. The standard InChI is InChI=1S/C36H29F4N3O2/c1-24-30(20-29(21-32(24)44)36(38,39)40)25-17-18-33(31(37)19-25)45-22-34-42-41-23-43(34)35(26-11-5-2-6-12-26,27-13-7-3-8-14-27)28-15-9-4-10-16-28/h2-20,23-24,30H,21-22H2,1H3. The lowest BCUT2D eigenvalue weighted by Gasteiger charge is -2.38. The van der Waals surface area contributed by atoms with Crippen molar-refractivity contribution in [1.29, 1.82) is 0 Å². The smallest absolute Gasteiger partial charge is 0.412 e. The van der Waals surface area contributed by atoms with Crippen LogP contribution in [0.15, 0.2) is 127 Å². The van der Waals surface area contributed by atoms with Crippen LogP contribution in [0, 0.1) is 11.7 Å². The summed E-state index contributed by atoms with van der Waals surface area (Å²) in [5, 5.41) is 8.58. The minimum absolute atomic E-state index is 0.104. The normalized spacial score (nSPS) is 17.2. The van der Waals surface area contributed by atoms with E-state index in [1.807, 2.05) is 95.6 Å². The van der Waals surface area contributed by atoms with Crippen molar-refractivity contribution < 1.29 is 27.1 Å². The number of rotatable bonds is 8. The highest BCUT2D eigenvalue weighted by atomic mass is 19.4. The maximum atomic E-state index is 15.4. The molecule has 5 aromatic rings. The van der Waals surface area contributed by atoms with Crippen molar-refractivity contribution in [2.24, 2.45) is 5.92 Å². The van der Waals surface area contributed by atoms with Crippen LogP contribution in [0.2, 0.25) is 0 Å². The summed E-state index contributed by atoms with van der Waals surface area (Å²) in [5.41, 5.74) is 1.29. The molecule has 0 radical (unpaired) electrons. The quantitative estimate of drug-likeness (QED) is 0.101. The first-order chi connectivity index (χ1) is 21.7. The molecule has 0 aliphatic heterocycles. The van der Waals surface area contributed by atoms with E-state index in [4.69, 9.17) is 4.74 Å². The number of nitrogens with zero attached hydrogens (tertiary/aromatic N) is 3. The summed E-state index contributed by atoms with van der Waals surface area (Å²) in [5.74, 6) is -2.60. The third-order valence-corrected chi connectivity index (χ3v) is 8.41. The average Bonchev–Trinajstić information content (AvgIpc) is 3.52. The molecule has 228 valence electrons. The van der Waals surface area contributed by atoms with Gasteiger partial charge < -0.3 is 4.74 Å². The molecule has 0 amide bonds. The van der Waals surface area contributed by atoms with Crippen LogP contribution in [0.1, 0.15) is 47.3 Å². The van der Waals surface area contributed by atoms with Gasteiger partial charge in [-0.15, -0.1) is 10.2 Å². The number of ketones is 1. The van der Waals surface area contributed by atoms with Gasteiger partial charge >= 0.3 is 6.18 Å². The molecule has 2 atom stereocenters. The Labute approximate surface area is 257 Å². The van der Waals surface area contributed by atoms with Crippen molar-refractivity contribution >= 4 is 5.78 Å². The monoisotopic (exact) mass is 611 g/mol. The molecule has 5 nitrogen and oxygen atoms in total. The van der Waals surface area contributed by atoms with Gasteiger partial charge in [0.25, 0.3) is 0 Å². The molecule has 1 heterocycles. The molecule has 1 aromatic heterocycles. The molecular formula is C36H29F4N3O2. The van der Waals surface area contributed by atoms with Gasteiger partial charge in [-0.05, 0) is 34.4 Å². The molecule has 4 aromatic carbocycles. The number of benzene rings is 4. The lowest BCUT2D eigenvalue weighted by atomic mass is 9.76. The van der Waals surface area contributed by atoms with E-state index in [9.17, 15) is 18.0 Å². The van der Waals surface area contributed by atoms with Crippen LogP contribution < -0.4 is 4.74 Å². The molecule has 0 saturated carbocycles. The van der Waals surface area contributed by atoms with Gasteiger partial charge in [0.15, 0.2) is 17.4 Å². The van der Waals surface area contributed by atoms with E-state index in [0.717, 1.165) is 28.8 Å². The topological polar surface area (TPSA) is 57.0 Å². The van der Waals surface area contributed by atoms with Gasteiger partial charge in [-0.2, -0.15) is 13.2 Å². The third-order valence-electron chi connectivity index (χ3n) is 8.41. The lowest BCUT2D eigenvalue weighted by Crippen LogP contribution is -2.38. The Morgan fingerprint density at radius 2 is 1.40 bits per heavy atom. The van der Waals surface area contributed by atoms with Gasteiger partial charge in [-0.25, -0.2) is 4.39 Å². The zero-order valence-electron chi connectivity index (χ0n) is 24.3. The van der Waals surface area contributed by atoms with Crippen LogP contribution in [-0.2, 0) is 16.9 Å². The SMILES string of the molecule is CC1C(=O)CC(C(F)(F)F)=CC1c1ccc(OCc2nncn2C(c2ccccc2)(c2ccccc2)c2ccccc2)c(F)c1. The lowest BCUT2D eigenvalue weighted by molar-refractivity contribution is -0.127. The van der Waals surface area contributed by atoms with E-state index in [2.05, 4.69) is 10.2 Å². The van der Waals surface area contributed by atoms with Crippen molar-refractivity contribution in [2.75, 3.05) is 0 Å². The minimum Gasteiger partial charge on any atom is -0.483 e. The van der Waals surface area contributed by atoms with E-state index in [1.54, 1.807) is 13.3 Å². The van der Waals surface area contributed by atoms with Crippen LogP contribution in [0.3, 0.4) is 0 Å². The molecule has 2 unspecified atom stereocenters. The fraction of sp³-hybridized carbons (Fsp3) is 0.194. The van der Waals surface area contributed by atoms with Crippen molar-refractivity contribution in [2.45, 2.75) is 37.6 Å². The number of Topliss-reactive ketones (excluding diaryl/α,β-unsaturated/α-hetero) is 1. The summed E-state index contributed by atoms with van der Waals surface area (Å²) < 4.78 is 63.5. The molecular weight excluding hydrogens is 582 g/mol. The Morgan fingerprint density at radius 3 is 1.91 bits per heavy atom. The van der Waals surface area contributed by atoms with Gasteiger partial charge in [0, 0.05) is 23.8 Å². The molecule has 1 aliphatic rings. The Bertz CT molecular complexity index is 1720. The third kappa shape index (κ3) is 5.66. The molecule has 9 heteroatoms. The second-order valence-electron chi connectivity index (χ2n) is 11.1. The van der Waals surface area contributed by atoms with E-state index in [1.165, 1.54) is 12.1 Å². The molecule has 0 spiro atoms. The summed E-state index contributed by atoms with van der Waals surface area (Å²) in [6.45, 7) is 1.41. The van der Waals surface area contributed by atoms with Gasteiger partial charge in [0.2, 0.25) is 0 Å². The van der Waals surface area contributed by atoms with Crippen LogP contribution in [0.25, 0.3) is 0 Å². The van der Waals surface area contributed by atoms with Crippen molar-refractivity contribution in [1.82, 2.24) is 14.8 Å². The fourth-order valence-electron chi connectivity index (χ4n) is 6.13. The van der Waals surface area contributed by atoms with Crippen LogP contribution in [0.4, 0.5) is 17.6 Å². The first-order valence-corrected chi connectivity index (χ1v) is 14.5. The van der Waals surface area contributed by atoms with Crippen molar-refractivity contribution in [3.05, 3.63) is 161 Å². The maximum absolute atomic E-state index is 15.4. The molecule has 0 bridgehead atoms. The number of carbonyl (C=O) groups is 1. The van der Waals surface area contributed by atoms with Gasteiger partial charge in [-0.3, -0.25) is 9.36 Å². The second kappa shape index (κ2) is 12.1.